The molecule has 0 amide bonds. The van der Waals surface area contributed by atoms with Gasteiger partial charge in [0.1, 0.15) is 5.82 Å². The van der Waals surface area contributed by atoms with Crippen molar-refractivity contribution < 1.29 is 9.90 Å². The van der Waals surface area contributed by atoms with Gasteiger partial charge in [-0.3, -0.25) is 0 Å². The Kier molecular flexibility index (Phi) is 6.88. The van der Waals surface area contributed by atoms with Crippen LogP contribution in [-0.4, -0.2) is 46.2 Å². The standard InChI is InChI=1S/C30H26ClN7O2/c1-2-3-8-26-33-28(31)27(30(39)40)38(26)17-18-9-11-19(12-10-18)23-15-20(13-14-22(23)29-34-36-37-35-29)24-16-32-25-7-5-4-6-21(24)25/h4-7,9-16,32H,2-3,8,17H2,1H3,(H,39,40)(H,34,35,36,37). The lowest BCUT2D eigenvalue weighted by Gasteiger charge is -2.13. The lowest BCUT2D eigenvalue weighted by atomic mass is 9.93. The number of carbonyl (C=O) groups is 1. The van der Waals surface area contributed by atoms with E-state index in [0.717, 1.165) is 57.1 Å². The number of hydrogen-bond acceptors (Lipinski definition) is 5. The van der Waals surface area contributed by atoms with Gasteiger partial charge in [-0.05, 0) is 52.1 Å². The predicted molar refractivity (Wildman–Crippen MR) is 154 cm³/mol. The van der Waals surface area contributed by atoms with Gasteiger partial charge in [0.05, 0.1) is 0 Å². The van der Waals surface area contributed by atoms with Gasteiger partial charge in [0, 0.05) is 41.2 Å². The molecule has 3 heterocycles. The second kappa shape index (κ2) is 10.8. The van der Waals surface area contributed by atoms with Gasteiger partial charge < -0.3 is 14.7 Å². The molecule has 0 bridgehead atoms. The fourth-order valence-corrected chi connectivity index (χ4v) is 5.35. The Labute approximate surface area is 234 Å². The highest BCUT2D eigenvalue weighted by atomic mass is 35.5. The number of unbranched alkanes of at least 4 members (excludes halogenated alkanes) is 1. The summed E-state index contributed by atoms with van der Waals surface area (Å²) in [5, 5.41) is 25.7. The van der Waals surface area contributed by atoms with Crippen LogP contribution in [0.25, 0.3) is 44.5 Å². The number of aryl methyl sites for hydroxylation is 1. The van der Waals surface area contributed by atoms with E-state index in [0.29, 0.717) is 24.6 Å². The summed E-state index contributed by atoms with van der Waals surface area (Å²) in [6.45, 7) is 2.44. The van der Waals surface area contributed by atoms with Crippen molar-refractivity contribution in [3.8, 4) is 33.6 Å². The molecule has 10 heteroatoms. The number of imidazole rings is 1. The highest BCUT2D eigenvalue weighted by molar-refractivity contribution is 6.32. The van der Waals surface area contributed by atoms with Crippen LogP contribution in [0.4, 0.5) is 0 Å². The average Bonchev–Trinajstić information content (AvgIpc) is 3.71. The fraction of sp³-hybridized carbons (Fsp3) is 0.167. The van der Waals surface area contributed by atoms with Gasteiger partial charge in [0.2, 0.25) is 5.82 Å². The van der Waals surface area contributed by atoms with E-state index in [2.05, 4.69) is 61.8 Å². The van der Waals surface area contributed by atoms with Gasteiger partial charge in [0.15, 0.2) is 10.8 Å². The molecule has 40 heavy (non-hydrogen) atoms. The number of nitrogens with zero attached hydrogens (tertiary/aromatic N) is 5. The van der Waals surface area contributed by atoms with E-state index in [1.54, 1.807) is 4.57 Å². The Morgan fingerprint density at radius 1 is 1.00 bits per heavy atom. The van der Waals surface area contributed by atoms with Crippen molar-refractivity contribution in [1.82, 2.24) is 35.2 Å². The summed E-state index contributed by atoms with van der Waals surface area (Å²) < 4.78 is 1.71. The van der Waals surface area contributed by atoms with Gasteiger partial charge in [0.25, 0.3) is 0 Å². The SMILES string of the molecule is CCCCc1nc(Cl)c(C(=O)O)n1Cc1ccc(-c2cc(-c3c[nH]c4ccccc34)ccc2-c2nn[nH]n2)cc1. The van der Waals surface area contributed by atoms with E-state index in [9.17, 15) is 9.90 Å². The predicted octanol–water partition coefficient (Wildman–Crippen LogP) is 6.62. The molecule has 6 aromatic rings. The molecule has 0 atom stereocenters. The van der Waals surface area contributed by atoms with Crippen LogP contribution in [0.1, 0.15) is 41.6 Å². The molecular weight excluding hydrogens is 526 g/mol. The molecule has 0 aliphatic heterocycles. The second-order valence-electron chi connectivity index (χ2n) is 9.60. The molecule has 0 spiro atoms. The number of aromatic carboxylic acids is 1. The third-order valence-electron chi connectivity index (χ3n) is 7.07. The molecule has 0 aliphatic carbocycles. The molecule has 0 saturated carbocycles. The Hall–Kier alpha value is -4.76. The average molecular weight is 552 g/mol. The summed E-state index contributed by atoms with van der Waals surface area (Å²) in [5.74, 6) is 0.0964. The van der Waals surface area contributed by atoms with Crippen LogP contribution in [-0.2, 0) is 13.0 Å². The van der Waals surface area contributed by atoms with E-state index in [1.807, 2.05) is 48.7 Å². The monoisotopic (exact) mass is 551 g/mol. The third kappa shape index (κ3) is 4.76. The van der Waals surface area contributed by atoms with Crippen molar-refractivity contribution in [2.24, 2.45) is 0 Å². The van der Waals surface area contributed by atoms with Crippen molar-refractivity contribution in [3.63, 3.8) is 0 Å². The van der Waals surface area contributed by atoms with E-state index in [4.69, 9.17) is 11.6 Å². The lowest BCUT2D eigenvalue weighted by molar-refractivity contribution is 0.0685. The largest absolute Gasteiger partial charge is 0.476 e. The molecule has 0 aliphatic rings. The third-order valence-corrected chi connectivity index (χ3v) is 7.34. The first-order chi connectivity index (χ1) is 19.5. The first-order valence-electron chi connectivity index (χ1n) is 13.1. The Morgan fingerprint density at radius 3 is 2.55 bits per heavy atom. The van der Waals surface area contributed by atoms with Crippen LogP contribution in [0.3, 0.4) is 0 Å². The Bertz CT molecular complexity index is 1800. The molecular formula is C30H26ClN7O2. The lowest BCUT2D eigenvalue weighted by Crippen LogP contribution is -2.13. The first-order valence-corrected chi connectivity index (χ1v) is 13.4. The number of nitrogens with one attached hydrogen (secondary N) is 2. The molecule has 3 aromatic carbocycles. The minimum absolute atomic E-state index is 0.0164. The molecule has 0 radical (unpaired) electrons. The molecule has 9 nitrogen and oxygen atoms in total. The van der Waals surface area contributed by atoms with Gasteiger partial charge in [-0.15, -0.1) is 10.2 Å². The number of aromatic nitrogens is 7. The maximum absolute atomic E-state index is 12.0. The van der Waals surface area contributed by atoms with E-state index >= 15 is 0 Å². The van der Waals surface area contributed by atoms with Crippen LogP contribution >= 0.6 is 11.6 Å². The molecule has 3 aromatic heterocycles. The number of carboxylic acids is 1. The number of benzene rings is 3. The zero-order chi connectivity index (χ0) is 27.6. The second-order valence-corrected chi connectivity index (χ2v) is 9.96. The van der Waals surface area contributed by atoms with Gasteiger partial charge in [-0.2, -0.15) is 5.21 Å². The number of fused-ring (bicyclic) bond motifs is 1. The summed E-state index contributed by atoms with van der Waals surface area (Å²) in [7, 11) is 0. The zero-order valence-electron chi connectivity index (χ0n) is 21.7. The minimum Gasteiger partial charge on any atom is -0.476 e. The van der Waals surface area contributed by atoms with Gasteiger partial charge >= 0.3 is 5.97 Å². The summed E-state index contributed by atoms with van der Waals surface area (Å²) in [6.07, 6.45) is 4.56. The molecule has 200 valence electrons. The fourth-order valence-electron chi connectivity index (χ4n) is 5.07. The minimum atomic E-state index is -1.09. The number of carboxylic acid groups (broad SMARTS) is 1. The van der Waals surface area contributed by atoms with Crippen molar-refractivity contribution in [2.75, 3.05) is 0 Å². The summed E-state index contributed by atoms with van der Waals surface area (Å²) in [5.41, 5.74) is 6.96. The summed E-state index contributed by atoms with van der Waals surface area (Å²) >= 11 is 6.22. The number of tetrazole rings is 1. The highest BCUT2D eigenvalue weighted by Crippen LogP contribution is 2.36. The Balaban J connectivity index is 1.39. The topological polar surface area (TPSA) is 125 Å². The Morgan fingerprint density at radius 2 is 1.80 bits per heavy atom. The quantitative estimate of drug-likeness (QED) is 0.185. The first kappa shape index (κ1) is 25.5. The van der Waals surface area contributed by atoms with Crippen molar-refractivity contribution in [3.05, 3.63) is 95.2 Å². The summed E-state index contributed by atoms with van der Waals surface area (Å²) in [4.78, 5) is 19.7. The molecule has 6 rings (SSSR count). The number of H-pyrrole nitrogens is 2. The van der Waals surface area contributed by atoms with Crippen molar-refractivity contribution >= 4 is 28.5 Å². The molecule has 3 N–H and O–H groups in total. The smallest absolute Gasteiger partial charge is 0.355 e. The van der Waals surface area contributed by atoms with Crippen molar-refractivity contribution in [2.45, 2.75) is 32.7 Å². The van der Waals surface area contributed by atoms with Crippen LogP contribution < -0.4 is 0 Å². The van der Waals surface area contributed by atoms with Gasteiger partial charge in [-0.25, -0.2) is 9.78 Å². The van der Waals surface area contributed by atoms with Crippen LogP contribution in [0.2, 0.25) is 5.15 Å². The number of para-hydroxylation sites is 1. The maximum atomic E-state index is 12.0. The van der Waals surface area contributed by atoms with Crippen LogP contribution in [0.5, 0.6) is 0 Å². The number of aromatic amines is 2. The van der Waals surface area contributed by atoms with E-state index in [1.165, 1.54) is 0 Å². The molecule has 0 saturated heterocycles. The molecule has 0 fully saturated rings. The number of rotatable bonds is 9. The van der Waals surface area contributed by atoms with Crippen LogP contribution in [0.15, 0.2) is 72.9 Å². The number of hydrogen-bond donors (Lipinski definition) is 3. The van der Waals surface area contributed by atoms with Crippen molar-refractivity contribution in [1.29, 1.82) is 0 Å². The number of halogens is 1. The maximum Gasteiger partial charge on any atom is 0.355 e. The normalized spacial score (nSPS) is 11.3. The van der Waals surface area contributed by atoms with E-state index < -0.39 is 5.97 Å². The highest BCUT2D eigenvalue weighted by Gasteiger charge is 2.22. The summed E-state index contributed by atoms with van der Waals surface area (Å²) in [6, 6.07) is 22.5. The van der Waals surface area contributed by atoms with Crippen LogP contribution in [0, 0.1) is 0 Å². The van der Waals surface area contributed by atoms with Gasteiger partial charge in [-0.1, -0.05) is 73.5 Å². The van der Waals surface area contributed by atoms with E-state index in [-0.39, 0.29) is 10.8 Å². The molecule has 0 unspecified atom stereocenters. The zero-order valence-corrected chi connectivity index (χ0v) is 22.5.